The van der Waals surface area contributed by atoms with Gasteiger partial charge in [0, 0.05) is 11.1 Å². The van der Waals surface area contributed by atoms with Crippen LogP contribution in [-0.2, 0) is 10.0 Å². The highest BCUT2D eigenvalue weighted by atomic mass is 32.2. The molecule has 0 bridgehead atoms. The molecule has 1 N–H and O–H groups in total. The van der Waals surface area contributed by atoms with Gasteiger partial charge in [-0.2, -0.15) is 0 Å². The van der Waals surface area contributed by atoms with Gasteiger partial charge in [0.15, 0.2) is 5.78 Å². The summed E-state index contributed by atoms with van der Waals surface area (Å²) >= 11 is 0. The molecule has 0 fully saturated rings. The second kappa shape index (κ2) is 7.59. The van der Waals surface area contributed by atoms with Crippen molar-refractivity contribution in [2.24, 2.45) is 0 Å². The number of ketones is 1. The first-order valence-corrected chi connectivity index (χ1v) is 9.45. The number of anilines is 1. The second-order valence-electron chi connectivity index (χ2n) is 5.67. The predicted molar refractivity (Wildman–Crippen MR) is 100 cm³/mol. The Morgan fingerprint density at radius 3 is 2.26 bits per heavy atom. The summed E-state index contributed by atoms with van der Waals surface area (Å²) in [7, 11) is -2.50. The van der Waals surface area contributed by atoms with Crippen LogP contribution in [0.2, 0.25) is 0 Å². The molecule has 138 valence electrons. The Balaban J connectivity index is 1.98. The van der Waals surface area contributed by atoms with Crippen LogP contribution in [0.5, 0.6) is 5.75 Å². The highest BCUT2D eigenvalue weighted by Gasteiger charge is 2.20. The number of ether oxygens (including phenoxy) is 1. The Hall–Kier alpha value is -3.19. The minimum atomic E-state index is -3.97. The third-order valence-electron chi connectivity index (χ3n) is 3.88. The van der Waals surface area contributed by atoms with Crippen LogP contribution in [0.15, 0.2) is 77.7 Å². The van der Waals surface area contributed by atoms with Gasteiger partial charge in [-0.05, 0) is 42.5 Å². The zero-order valence-electron chi connectivity index (χ0n) is 14.3. The van der Waals surface area contributed by atoms with Crippen LogP contribution in [0, 0.1) is 5.82 Å². The molecule has 0 heterocycles. The minimum absolute atomic E-state index is 0.000992. The molecular weight excluding hydrogens is 369 g/mol. The smallest absolute Gasteiger partial charge is 0.261 e. The Bertz CT molecular complexity index is 1060. The topological polar surface area (TPSA) is 72.5 Å². The Kier molecular flexibility index (Phi) is 5.23. The number of rotatable bonds is 6. The van der Waals surface area contributed by atoms with Gasteiger partial charge in [0.25, 0.3) is 10.0 Å². The fraction of sp³-hybridized carbons (Fsp3) is 0.0500. The molecule has 0 unspecified atom stereocenters. The standard InChI is InChI=1S/C20H16FNO4S/c1-26-16-8-10-17(11-9-16)27(24,25)22-19-12-7-15(21)13-18(19)20(23)14-5-3-2-4-6-14/h2-13,22H,1H3. The number of nitrogens with one attached hydrogen (secondary N) is 1. The first-order valence-electron chi connectivity index (χ1n) is 7.97. The first-order chi connectivity index (χ1) is 12.9. The third-order valence-corrected chi connectivity index (χ3v) is 5.26. The summed E-state index contributed by atoms with van der Waals surface area (Å²) in [5.74, 6) is -0.611. The summed E-state index contributed by atoms with van der Waals surface area (Å²) in [6.45, 7) is 0. The minimum Gasteiger partial charge on any atom is -0.497 e. The van der Waals surface area contributed by atoms with Crippen molar-refractivity contribution in [2.75, 3.05) is 11.8 Å². The largest absolute Gasteiger partial charge is 0.497 e. The van der Waals surface area contributed by atoms with Crippen LogP contribution in [0.1, 0.15) is 15.9 Å². The van der Waals surface area contributed by atoms with E-state index >= 15 is 0 Å². The molecule has 3 aromatic carbocycles. The molecule has 0 saturated heterocycles. The molecule has 0 aliphatic rings. The average molecular weight is 385 g/mol. The highest BCUT2D eigenvalue weighted by molar-refractivity contribution is 7.92. The van der Waals surface area contributed by atoms with Crippen molar-refractivity contribution in [2.45, 2.75) is 4.90 Å². The second-order valence-corrected chi connectivity index (χ2v) is 7.35. The van der Waals surface area contributed by atoms with E-state index in [1.54, 1.807) is 30.3 Å². The summed E-state index contributed by atoms with van der Waals surface area (Å²) < 4.78 is 46.4. The molecule has 0 atom stereocenters. The SMILES string of the molecule is COc1ccc(S(=O)(=O)Nc2ccc(F)cc2C(=O)c2ccccc2)cc1. The maximum Gasteiger partial charge on any atom is 0.261 e. The van der Waals surface area contributed by atoms with E-state index in [0.29, 0.717) is 11.3 Å². The fourth-order valence-corrected chi connectivity index (χ4v) is 3.58. The van der Waals surface area contributed by atoms with Crippen molar-refractivity contribution in [1.82, 2.24) is 0 Å². The normalized spacial score (nSPS) is 11.0. The quantitative estimate of drug-likeness (QED) is 0.654. The number of carbonyl (C=O) groups is 1. The number of sulfonamides is 1. The summed E-state index contributed by atoms with van der Waals surface area (Å²) in [6.07, 6.45) is 0. The van der Waals surface area contributed by atoms with Crippen LogP contribution < -0.4 is 9.46 Å². The number of hydrogen-bond donors (Lipinski definition) is 1. The summed E-state index contributed by atoms with van der Waals surface area (Å²) in [4.78, 5) is 12.7. The van der Waals surface area contributed by atoms with Crippen LogP contribution >= 0.6 is 0 Å². The summed E-state index contributed by atoms with van der Waals surface area (Å²) in [5, 5.41) is 0. The molecule has 0 amide bonds. The Morgan fingerprint density at radius 2 is 1.63 bits per heavy atom. The number of hydrogen-bond acceptors (Lipinski definition) is 4. The molecule has 0 saturated carbocycles. The van der Waals surface area contributed by atoms with Crippen LogP contribution in [0.25, 0.3) is 0 Å². The lowest BCUT2D eigenvalue weighted by Gasteiger charge is -2.13. The number of halogens is 1. The van der Waals surface area contributed by atoms with Gasteiger partial charge >= 0.3 is 0 Å². The van der Waals surface area contributed by atoms with Crippen LogP contribution in [0.4, 0.5) is 10.1 Å². The van der Waals surface area contributed by atoms with E-state index in [1.807, 2.05) is 0 Å². The van der Waals surface area contributed by atoms with E-state index in [4.69, 9.17) is 4.74 Å². The van der Waals surface area contributed by atoms with Gasteiger partial charge < -0.3 is 4.74 Å². The van der Waals surface area contributed by atoms with Crippen LogP contribution in [-0.4, -0.2) is 21.3 Å². The van der Waals surface area contributed by atoms with Crippen molar-refractivity contribution in [3.8, 4) is 5.75 Å². The predicted octanol–water partition coefficient (Wildman–Crippen LogP) is 3.87. The van der Waals surface area contributed by atoms with Gasteiger partial charge in [-0.1, -0.05) is 30.3 Å². The maximum atomic E-state index is 13.7. The Morgan fingerprint density at radius 1 is 0.963 bits per heavy atom. The zero-order valence-corrected chi connectivity index (χ0v) is 15.2. The lowest BCUT2D eigenvalue weighted by atomic mass is 10.0. The molecule has 0 aliphatic heterocycles. The molecule has 3 aromatic rings. The summed E-state index contributed by atoms with van der Waals surface area (Å²) in [5.41, 5.74) is 0.257. The molecule has 7 heteroatoms. The van der Waals surface area contributed by atoms with E-state index in [0.717, 1.165) is 12.1 Å². The number of carbonyl (C=O) groups excluding carboxylic acids is 1. The molecule has 0 aliphatic carbocycles. The van der Waals surface area contributed by atoms with Gasteiger partial charge in [-0.3, -0.25) is 9.52 Å². The Labute approximate surface area is 156 Å². The molecule has 0 radical (unpaired) electrons. The monoisotopic (exact) mass is 385 g/mol. The maximum absolute atomic E-state index is 13.7. The molecule has 0 spiro atoms. The van der Waals surface area contributed by atoms with Gasteiger partial charge in [-0.25, -0.2) is 12.8 Å². The molecule has 27 heavy (non-hydrogen) atoms. The van der Waals surface area contributed by atoms with Crippen molar-refractivity contribution < 1.29 is 22.3 Å². The van der Waals surface area contributed by atoms with E-state index in [-0.39, 0.29) is 16.1 Å². The van der Waals surface area contributed by atoms with E-state index in [2.05, 4.69) is 4.72 Å². The highest BCUT2D eigenvalue weighted by Crippen LogP contribution is 2.25. The molecule has 3 rings (SSSR count). The molecule has 0 aromatic heterocycles. The van der Waals surface area contributed by atoms with Crippen molar-refractivity contribution in [1.29, 1.82) is 0 Å². The lowest BCUT2D eigenvalue weighted by Crippen LogP contribution is -2.16. The van der Waals surface area contributed by atoms with E-state index in [9.17, 15) is 17.6 Å². The molecule has 5 nitrogen and oxygen atoms in total. The van der Waals surface area contributed by atoms with Gasteiger partial charge in [0.1, 0.15) is 11.6 Å². The summed E-state index contributed by atoms with van der Waals surface area (Å²) in [6, 6.07) is 17.4. The average Bonchev–Trinajstić information content (AvgIpc) is 2.69. The molecular formula is C20H16FNO4S. The van der Waals surface area contributed by atoms with Crippen molar-refractivity contribution in [3.63, 3.8) is 0 Å². The van der Waals surface area contributed by atoms with Gasteiger partial charge in [0.05, 0.1) is 17.7 Å². The van der Waals surface area contributed by atoms with Crippen molar-refractivity contribution >= 4 is 21.5 Å². The van der Waals surface area contributed by atoms with Gasteiger partial charge in [0.2, 0.25) is 0 Å². The van der Waals surface area contributed by atoms with Crippen LogP contribution in [0.3, 0.4) is 0 Å². The number of benzene rings is 3. The lowest BCUT2D eigenvalue weighted by molar-refractivity contribution is 0.103. The van der Waals surface area contributed by atoms with E-state index in [1.165, 1.54) is 37.4 Å². The van der Waals surface area contributed by atoms with Gasteiger partial charge in [-0.15, -0.1) is 0 Å². The zero-order chi connectivity index (χ0) is 19.4. The fourth-order valence-electron chi connectivity index (χ4n) is 2.50. The number of methoxy groups -OCH3 is 1. The van der Waals surface area contributed by atoms with Crippen molar-refractivity contribution in [3.05, 3.63) is 89.7 Å². The third kappa shape index (κ3) is 4.15. The van der Waals surface area contributed by atoms with E-state index < -0.39 is 21.6 Å². The first kappa shape index (κ1) is 18.6.